The second kappa shape index (κ2) is 7.63. The van der Waals surface area contributed by atoms with Crippen molar-refractivity contribution in [3.05, 3.63) is 63.2 Å². The molecule has 0 aliphatic rings. The average molecular weight is 412 g/mol. The van der Waals surface area contributed by atoms with Crippen LogP contribution in [0.25, 0.3) is 0 Å². The summed E-state index contributed by atoms with van der Waals surface area (Å²) in [6.45, 7) is 5.11. The SMILES string of the molecule is CC(C)(C)NS(=O)(=O)c1cccc(NC(=O)c2ccc(Cl)cc2[N+](=O)[O-])c1. The molecule has 2 N–H and O–H groups in total. The van der Waals surface area contributed by atoms with Gasteiger partial charge in [0.15, 0.2) is 0 Å². The Morgan fingerprint density at radius 2 is 1.81 bits per heavy atom. The minimum absolute atomic E-state index is 0.0409. The summed E-state index contributed by atoms with van der Waals surface area (Å²) in [6.07, 6.45) is 0. The van der Waals surface area contributed by atoms with E-state index in [-0.39, 0.29) is 21.2 Å². The van der Waals surface area contributed by atoms with E-state index in [9.17, 15) is 23.3 Å². The quantitative estimate of drug-likeness (QED) is 0.575. The van der Waals surface area contributed by atoms with E-state index in [1.54, 1.807) is 20.8 Å². The number of halogens is 1. The van der Waals surface area contributed by atoms with E-state index in [2.05, 4.69) is 10.0 Å². The van der Waals surface area contributed by atoms with Crippen molar-refractivity contribution in [2.45, 2.75) is 31.2 Å². The lowest BCUT2D eigenvalue weighted by Crippen LogP contribution is -2.40. The Balaban J connectivity index is 2.32. The minimum atomic E-state index is -3.80. The van der Waals surface area contributed by atoms with Crippen molar-refractivity contribution in [3.8, 4) is 0 Å². The summed E-state index contributed by atoms with van der Waals surface area (Å²) in [7, 11) is -3.80. The molecule has 0 bridgehead atoms. The van der Waals surface area contributed by atoms with Gasteiger partial charge in [-0.15, -0.1) is 0 Å². The summed E-state index contributed by atoms with van der Waals surface area (Å²) in [6, 6.07) is 9.26. The number of carbonyl (C=O) groups is 1. The molecule has 0 atom stereocenters. The van der Waals surface area contributed by atoms with E-state index in [0.29, 0.717) is 0 Å². The number of nitrogens with one attached hydrogen (secondary N) is 2. The second-order valence-corrected chi connectivity index (χ2v) is 8.87. The maximum atomic E-state index is 12.4. The Labute approximate surface area is 161 Å². The summed E-state index contributed by atoms with van der Waals surface area (Å²) in [5.41, 5.74) is -1.13. The molecule has 8 nitrogen and oxygen atoms in total. The van der Waals surface area contributed by atoms with Gasteiger partial charge in [-0.3, -0.25) is 14.9 Å². The van der Waals surface area contributed by atoms with E-state index >= 15 is 0 Å². The molecule has 0 aromatic heterocycles. The number of hydrogen-bond donors (Lipinski definition) is 2. The van der Waals surface area contributed by atoms with Crippen molar-refractivity contribution >= 4 is 38.9 Å². The number of nitro groups is 1. The number of nitrogens with zero attached hydrogens (tertiary/aromatic N) is 1. The van der Waals surface area contributed by atoms with Gasteiger partial charge in [0.05, 0.1) is 9.82 Å². The van der Waals surface area contributed by atoms with Crippen LogP contribution >= 0.6 is 11.6 Å². The van der Waals surface area contributed by atoms with Gasteiger partial charge in [0.2, 0.25) is 10.0 Å². The largest absolute Gasteiger partial charge is 0.322 e. The fraction of sp³-hybridized carbons (Fsp3) is 0.235. The van der Waals surface area contributed by atoms with Gasteiger partial charge in [0.1, 0.15) is 5.56 Å². The predicted octanol–water partition coefficient (Wildman–Crippen LogP) is 3.58. The molecule has 0 aliphatic carbocycles. The molecule has 0 heterocycles. The Hall–Kier alpha value is -2.49. The number of sulfonamides is 1. The fourth-order valence-electron chi connectivity index (χ4n) is 2.25. The molecule has 0 spiro atoms. The summed E-state index contributed by atoms with van der Waals surface area (Å²) in [5, 5.41) is 13.7. The van der Waals surface area contributed by atoms with E-state index < -0.39 is 32.1 Å². The van der Waals surface area contributed by atoms with Gasteiger partial charge in [-0.2, -0.15) is 0 Å². The number of nitro benzene ring substituents is 1. The zero-order valence-electron chi connectivity index (χ0n) is 14.8. The number of anilines is 1. The third kappa shape index (κ3) is 5.49. The van der Waals surface area contributed by atoms with Gasteiger partial charge in [-0.1, -0.05) is 17.7 Å². The number of rotatable bonds is 5. The maximum absolute atomic E-state index is 12.4. The first-order chi connectivity index (χ1) is 12.4. The monoisotopic (exact) mass is 411 g/mol. The molecule has 0 unspecified atom stereocenters. The normalized spacial score (nSPS) is 11.9. The number of benzene rings is 2. The summed E-state index contributed by atoms with van der Waals surface area (Å²) in [5.74, 6) is -0.753. The van der Waals surface area contributed by atoms with Crippen LogP contribution in [-0.4, -0.2) is 24.8 Å². The Bertz CT molecular complexity index is 1000. The lowest BCUT2D eigenvalue weighted by atomic mass is 10.1. The van der Waals surface area contributed by atoms with Crippen LogP contribution in [0.1, 0.15) is 31.1 Å². The highest BCUT2D eigenvalue weighted by Crippen LogP contribution is 2.25. The molecule has 2 aromatic carbocycles. The van der Waals surface area contributed by atoms with Crippen LogP contribution in [0.3, 0.4) is 0 Å². The van der Waals surface area contributed by atoms with E-state index in [4.69, 9.17) is 11.6 Å². The lowest BCUT2D eigenvalue weighted by Gasteiger charge is -2.20. The van der Waals surface area contributed by atoms with Crippen LogP contribution in [0, 0.1) is 10.1 Å². The molecule has 1 amide bonds. The van der Waals surface area contributed by atoms with Crippen molar-refractivity contribution in [3.63, 3.8) is 0 Å². The van der Waals surface area contributed by atoms with E-state index in [1.807, 2.05) is 0 Å². The molecule has 0 saturated heterocycles. The van der Waals surface area contributed by atoms with Crippen LogP contribution in [0.2, 0.25) is 5.02 Å². The van der Waals surface area contributed by atoms with Crippen LogP contribution in [0.5, 0.6) is 0 Å². The fourth-order valence-corrected chi connectivity index (χ4v) is 3.88. The molecule has 2 aromatic rings. The lowest BCUT2D eigenvalue weighted by molar-refractivity contribution is -0.385. The first-order valence-corrected chi connectivity index (χ1v) is 9.64. The molecule has 27 heavy (non-hydrogen) atoms. The number of hydrogen-bond acceptors (Lipinski definition) is 5. The van der Waals surface area contributed by atoms with Crippen molar-refractivity contribution in [1.29, 1.82) is 0 Å². The average Bonchev–Trinajstić information content (AvgIpc) is 2.52. The minimum Gasteiger partial charge on any atom is -0.322 e. The van der Waals surface area contributed by atoms with Crippen LogP contribution in [-0.2, 0) is 10.0 Å². The topological polar surface area (TPSA) is 118 Å². The molecule has 2 rings (SSSR count). The van der Waals surface area contributed by atoms with Crippen molar-refractivity contribution in [2.24, 2.45) is 0 Å². The molecule has 0 fully saturated rings. The van der Waals surface area contributed by atoms with Gasteiger partial charge >= 0.3 is 0 Å². The molecule has 144 valence electrons. The molecule has 0 aliphatic heterocycles. The molecule has 10 heteroatoms. The number of amides is 1. The molecule has 0 saturated carbocycles. The van der Waals surface area contributed by atoms with Gasteiger partial charge in [0.25, 0.3) is 11.6 Å². The third-order valence-electron chi connectivity index (χ3n) is 3.24. The Kier molecular flexibility index (Phi) is 5.88. The Morgan fingerprint density at radius 1 is 1.15 bits per heavy atom. The van der Waals surface area contributed by atoms with Gasteiger partial charge < -0.3 is 5.32 Å². The first-order valence-electron chi connectivity index (χ1n) is 7.78. The first kappa shape index (κ1) is 20.8. The highest BCUT2D eigenvalue weighted by Gasteiger charge is 2.23. The van der Waals surface area contributed by atoms with Gasteiger partial charge in [-0.25, -0.2) is 13.1 Å². The second-order valence-electron chi connectivity index (χ2n) is 6.76. The van der Waals surface area contributed by atoms with E-state index in [0.717, 1.165) is 6.07 Å². The summed E-state index contributed by atoms with van der Waals surface area (Å²) < 4.78 is 27.3. The zero-order valence-corrected chi connectivity index (χ0v) is 16.4. The van der Waals surface area contributed by atoms with Crippen LogP contribution in [0.15, 0.2) is 47.4 Å². The smallest absolute Gasteiger partial charge is 0.283 e. The van der Waals surface area contributed by atoms with Crippen molar-refractivity contribution < 1.29 is 18.1 Å². The van der Waals surface area contributed by atoms with Crippen molar-refractivity contribution in [1.82, 2.24) is 4.72 Å². The van der Waals surface area contributed by atoms with Gasteiger partial charge in [0, 0.05) is 22.3 Å². The van der Waals surface area contributed by atoms with E-state index in [1.165, 1.54) is 36.4 Å². The molecular formula is C17H18ClN3O5S. The summed E-state index contributed by atoms with van der Waals surface area (Å²) in [4.78, 5) is 22.8. The highest BCUT2D eigenvalue weighted by atomic mass is 35.5. The summed E-state index contributed by atoms with van der Waals surface area (Å²) >= 11 is 5.74. The number of carbonyl (C=O) groups excluding carboxylic acids is 1. The Morgan fingerprint density at radius 3 is 2.41 bits per heavy atom. The van der Waals surface area contributed by atoms with Crippen molar-refractivity contribution in [2.75, 3.05) is 5.32 Å². The molecular weight excluding hydrogens is 394 g/mol. The van der Waals surface area contributed by atoms with Crippen LogP contribution < -0.4 is 10.0 Å². The van der Waals surface area contributed by atoms with Crippen LogP contribution in [0.4, 0.5) is 11.4 Å². The van der Waals surface area contributed by atoms with Gasteiger partial charge in [-0.05, 0) is 51.1 Å². The predicted molar refractivity (Wildman–Crippen MR) is 103 cm³/mol. The maximum Gasteiger partial charge on any atom is 0.283 e. The zero-order chi connectivity index (χ0) is 20.4. The third-order valence-corrected chi connectivity index (χ3v) is 5.23. The molecule has 0 radical (unpaired) electrons. The standard InChI is InChI=1S/C17H18ClN3O5S/c1-17(2,3)20-27(25,26)13-6-4-5-12(10-13)19-16(22)14-8-7-11(18)9-15(14)21(23)24/h4-10,20H,1-3H3,(H,19,22). The highest BCUT2D eigenvalue weighted by molar-refractivity contribution is 7.89.